The number of carbonyl (C=O) groups is 2. The average Bonchev–Trinajstić information content (AvgIpc) is 3.23. The first-order valence-corrected chi connectivity index (χ1v) is 8.00. The molecule has 1 aromatic heterocycles. The predicted molar refractivity (Wildman–Crippen MR) is 89.9 cm³/mol. The Morgan fingerprint density at radius 1 is 1.33 bits per heavy atom. The smallest absolute Gasteiger partial charge is 0.267 e. The van der Waals surface area contributed by atoms with Crippen LogP contribution in [0, 0.1) is 0 Å². The highest BCUT2D eigenvalue weighted by Crippen LogP contribution is 2.15. The highest BCUT2D eigenvalue weighted by Gasteiger charge is 2.30. The Balaban J connectivity index is 1.50. The third-order valence-corrected chi connectivity index (χ3v) is 4.22. The summed E-state index contributed by atoms with van der Waals surface area (Å²) in [6.07, 6.45) is 2.85. The van der Waals surface area contributed by atoms with Crippen molar-refractivity contribution in [2.45, 2.75) is 18.9 Å². The topological polar surface area (TPSA) is 74.4 Å². The maximum absolute atomic E-state index is 12.1. The Morgan fingerprint density at radius 3 is 2.79 bits per heavy atom. The largest absolute Gasteiger partial charge is 0.497 e. The van der Waals surface area contributed by atoms with Crippen LogP contribution in [0.25, 0.3) is 0 Å². The molecule has 0 aliphatic carbocycles. The fourth-order valence-corrected chi connectivity index (χ4v) is 2.88. The number of aromatic amines is 1. The summed E-state index contributed by atoms with van der Waals surface area (Å²) in [7, 11) is 1.64. The number of ether oxygens (including phenoxy) is 1. The molecule has 1 aromatic carbocycles. The zero-order valence-corrected chi connectivity index (χ0v) is 13.6. The summed E-state index contributed by atoms with van der Waals surface area (Å²) in [6, 6.07) is 11.2. The van der Waals surface area contributed by atoms with Crippen LogP contribution < -0.4 is 10.1 Å². The molecule has 6 nitrogen and oxygen atoms in total. The highest BCUT2D eigenvalue weighted by molar-refractivity contribution is 5.93. The summed E-state index contributed by atoms with van der Waals surface area (Å²) in [5, 5.41) is 2.91. The van der Waals surface area contributed by atoms with Gasteiger partial charge in [-0.3, -0.25) is 9.59 Å². The Morgan fingerprint density at radius 2 is 2.12 bits per heavy atom. The van der Waals surface area contributed by atoms with Crippen LogP contribution in [0.5, 0.6) is 5.75 Å². The first kappa shape index (κ1) is 16.1. The summed E-state index contributed by atoms with van der Waals surface area (Å²) >= 11 is 0. The first-order chi connectivity index (χ1) is 11.7. The molecule has 1 fully saturated rings. The van der Waals surface area contributed by atoms with E-state index in [0.29, 0.717) is 25.2 Å². The fourth-order valence-electron chi connectivity index (χ4n) is 2.88. The second kappa shape index (κ2) is 7.21. The zero-order valence-electron chi connectivity index (χ0n) is 13.6. The van der Waals surface area contributed by atoms with E-state index in [-0.39, 0.29) is 17.9 Å². The lowest BCUT2D eigenvalue weighted by atomic mass is 10.1. The Bertz CT molecular complexity index is 695. The number of hydrogen-bond donors (Lipinski definition) is 2. The quantitative estimate of drug-likeness (QED) is 0.846. The van der Waals surface area contributed by atoms with Crippen LogP contribution in [0.3, 0.4) is 0 Å². The number of likely N-dealkylation sites (tertiary alicyclic amines) is 1. The SMILES string of the molecule is COc1ccc(CCN2C[C@@H](NC(=O)c3ccc[nH]3)CC2=O)cc1. The van der Waals surface area contributed by atoms with Crippen molar-refractivity contribution < 1.29 is 14.3 Å². The predicted octanol–water partition coefficient (Wildman–Crippen LogP) is 1.60. The van der Waals surface area contributed by atoms with Crippen LogP contribution in [0.2, 0.25) is 0 Å². The van der Waals surface area contributed by atoms with Gasteiger partial charge in [-0.05, 0) is 36.2 Å². The van der Waals surface area contributed by atoms with Crippen molar-refractivity contribution in [3.05, 3.63) is 53.9 Å². The van der Waals surface area contributed by atoms with Gasteiger partial charge < -0.3 is 19.9 Å². The Kier molecular flexibility index (Phi) is 4.84. The molecule has 1 atom stereocenters. The molecule has 0 bridgehead atoms. The molecule has 2 aromatic rings. The standard InChI is InChI=1S/C18H21N3O3/c1-24-15-6-4-13(5-7-15)8-10-21-12-14(11-17(21)22)20-18(23)16-3-2-9-19-16/h2-7,9,14,19H,8,10-12H2,1H3,(H,20,23)/t14-/m0/s1. The highest BCUT2D eigenvalue weighted by atomic mass is 16.5. The van der Waals surface area contributed by atoms with Gasteiger partial charge in [-0.1, -0.05) is 12.1 Å². The molecule has 6 heteroatoms. The maximum atomic E-state index is 12.1. The zero-order chi connectivity index (χ0) is 16.9. The van der Waals surface area contributed by atoms with Gasteiger partial charge in [0.2, 0.25) is 5.91 Å². The number of nitrogens with zero attached hydrogens (tertiary/aromatic N) is 1. The van der Waals surface area contributed by atoms with E-state index in [0.717, 1.165) is 17.7 Å². The monoisotopic (exact) mass is 327 g/mol. The molecule has 3 rings (SSSR count). The van der Waals surface area contributed by atoms with E-state index in [1.165, 1.54) is 0 Å². The molecule has 126 valence electrons. The van der Waals surface area contributed by atoms with E-state index < -0.39 is 0 Å². The number of rotatable bonds is 6. The van der Waals surface area contributed by atoms with Crippen LogP contribution in [0.15, 0.2) is 42.6 Å². The minimum absolute atomic E-state index is 0.0836. The molecule has 24 heavy (non-hydrogen) atoms. The van der Waals surface area contributed by atoms with Gasteiger partial charge in [0.15, 0.2) is 0 Å². The van der Waals surface area contributed by atoms with Gasteiger partial charge in [-0.2, -0.15) is 0 Å². The van der Waals surface area contributed by atoms with Gasteiger partial charge in [0.05, 0.1) is 13.2 Å². The third kappa shape index (κ3) is 3.76. The lowest BCUT2D eigenvalue weighted by molar-refractivity contribution is -0.127. The molecule has 2 N–H and O–H groups in total. The van der Waals surface area contributed by atoms with Gasteiger partial charge in [-0.15, -0.1) is 0 Å². The van der Waals surface area contributed by atoms with Gasteiger partial charge >= 0.3 is 0 Å². The van der Waals surface area contributed by atoms with Gasteiger partial charge in [0.25, 0.3) is 5.91 Å². The molecular formula is C18H21N3O3. The molecule has 2 heterocycles. The van der Waals surface area contributed by atoms with Crippen LogP contribution in [0.1, 0.15) is 22.5 Å². The van der Waals surface area contributed by atoms with E-state index in [1.54, 1.807) is 25.4 Å². The molecule has 0 unspecified atom stereocenters. The minimum atomic E-state index is -0.171. The van der Waals surface area contributed by atoms with Crippen molar-refractivity contribution in [1.29, 1.82) is 0 Å². The summed E-state index contributed by atoms with van der Waals surface area (Å²) in [4.78, 5) is 28.8. The molecule has 1 aliphatic heterocycles. The van der Waals surface area contributed by atoms with E-state index >= 15 is 0 Å². The van der Waals surface area contributed by atoms with Gasteiger partial charge in [0.1, 0.15) is 11.4 Å². The molecule has 2 amide bonds. The summed E-state index contributed by atoms with van der Waals surface area (Å²) in [5.74, 6) is 0.734. The second-order valence-electron chi connectivity index (χ2n) is 5.90. The summed E-state index contributed by atoms with van der Waals surface area (Å²) in [6.45, 7) is 1.21. The van der Waals surface area contributed by atoms with Crippen LogP contribution >= 0.6 is 0 Å². The molecule has 0 radical (unpaired) electrons. The summed E-state index contributed by atoms with van der Waals surface area (Å²) in [5.41, 5.74) is 1.67. The average molecular weight is 327 g/mol. The maximum Gasteiger partial charge on any atom is 0.267 e. The van der Waals surface area contributed by atoms with Crippen LogP contribution in [-0.2, 0) is 11.2 Å². The number of amides is 2. The van der Waals surface area contributed by atoms with Crippen molar-refractivity contribution in [2.75, 3.05) is 20.2 Å². The van der Waals surface area contributed by atoms with Crippen molar-refractivity contribution in [3.63, 3.8) is 0 Å². The fraction of sp³-hybridized carbons (Fsp3) is 0.333. The van der Waals surface area contributed by atoms with E-state index in [9.17, 15) is 9.59 Å². The van der Waals surface area contributed by atoms with Gasteiger partial charge in [-0.25, -0.2) is 0 Å². The van der Waals surface area contributed by atoms with E-state index in [4.69, 9.17) is 4.74 Å². The minimum Gasteiger partial charge on any atom is -0.497 e. The number of benzene rings is 1. The number of methoxy groups -OCH3 is 1. The first-order valence-electron chi connectivity index (χ1n) is 8.00. The number of nitrogens with one attached hydrogen (secondary N) is 2. The van der Waals surface area contributed by atoms with Crippen LogP contribution in [-0.4, -0.2) is 47.9 Å². The Hall–Kier alpha value is -2.76. The molecule has 1 aliphatic rings. The molecule has 0 spiro atoms. The van der Waals surface area contributed by atoms with E-state index in [1.807, 2.05) is 29.2 Å². The lowest BCUT2D eigenvalue weighted by Gasteiger charge is -2.17. The molecule has 1 saturated heterocycles. The van der Waals surface area contributed by atoms with Crippen molar-refractivity contribution in [1.82, 2.24) is 15.2 Å². The molecular weight excluding hydrogens is 306 g/mol. The van der Waals surface area contributed by atoms with Crippen molar-refractivity contribution >= 4 is 11.8 Å². The van der Waals surface area contributed by atoms with Gasteiger partial charge in [0, 0.05) is 25.7 Å². The van der Waals surface area contributed by atoms with E-state index in [2.05, 4.69) is 10.3 Å². The third-order valence-electron chi connectivity index (χ3n) is 4.22. The second-order valence-corrected chi connectivity index (χ2v) is 5.90. The number of aromatic nitrogens is 1. The number of H-pyrrole nitrogens is 1. The lowest BCUT2D eigenvalue weighted by Crippen LogP contribution is -2.37. The van der Waals surface area contributed by atoms with Crippen molar-refractivity contribution in [3.8, 4) is 5.75 Å². The number of carbonyl (C=O) groups excluding carboxylic acids is 2. The summed E-state index contributed by atoms with van der Waals surface area (Å²) < 4.78 is 5.14. The molecule has 0 saturated carbocycles. The normalized spacial score (nSPS) is 17.1. The number of hydrogen-bond acceptors (Lipinski definition) is 3. The van der Waals surface area contributed by atoms with Crippen LogP contribution in [0.4, 0.5) is 0 Å². The Labute approximate surface area is 140 Å². The van der Waals surface area contributed by atoms with Crippen molar-refractivity contribution in [2.24, 2.45) is 0 Å².